The molecule has 2 N–H and O–H groups in total. The molecule has 1 fully saturated rings. The summed E-state index contributed by atoms with van der Waals surface area (Å²) in [6.45, 7) is 0. The number of aromatic nitrogens is 2. The van der Waals surface area contributed by atoms with Crippen LogP contribution in [0.3, 0.4) is 0 Å². The third-order valence-electron chi connectivity index (χ3n) is 3.72. The van der Waals surface area contributed by atoms with Crippen LogP contribution < -0.4 is 5.73 Å². The van der Waals surface area contributed by atoms with Gasteiger partial charge in [0, 0.05) is 12.1 Å². The number of aryl methyl sites for hydroxylation is 1. The monoisotopic (exact) mass is 297 g/mol. The average molecular weight is 297 g/mol. The molecule has 7 heteroatoms. The van der Waals surface area contributed by atoms with Crippen LogP contribution in [0.25, 0.3) is 0 Å². The first-order valence-electron chi connectivity index (χ1n) is 6.65. The quantitative estimate of drug-likeness (QED) is 0.880. The van der Waals surface area contributed by atoms with Crippen LogP contribution in [-0.2, 0) is 11.8 Å². The Morgan fingerprint density at radius 2 is 1.86 bits per heavy atom. The van der Waals surface area contributed by atoms with Gasteiger partial charge < -0.3 is 10.3 Å². The molecule has 1 aliphatic rings. The van der Waals surface area contributed by atoms with E-state index >= 15 is 0 Å². The number of anilines is 1. The minimum atomic E-state index is -4.21. The normalized spacial score (nSPS) is 16.9. The second-order valence-electron chi connectivity index (χ2n) is 5.34. The average Bonchev–Trinajstić information content (AvgIpc) is 3.09. The minimum absolute atomic E-state index is 0.101. The summed E-state index contributed by atoms with van der Waals surface area (Å²) >= 11 is 0. The lowest BCUT2D eigenvalue weighted by molar-refractivity contribution is -0.134. The second-order valence-corrected chi connectivity index (χ2v) is 5.34. The van der Waals surface area contributed by atoms with Crippen LogP contribution in [0.4, 0.5) is 18.9 Å². The SMILES string of the molecule is Nc1ccc(C2(c3nc(CCC(F)(F)F)no3)CC2)cc1. The third-order valence-corrected chi connectivity index (χ3v) is 3.72. The van der Waals surface area contributed by atoms with Crippen LogP contribution in [0.5, 0.6) is 0 Å². The maximum atomic E-state index is 12.2. The van der Waals surface area contributed by atoms with Crippen molar-refractivity contribution >= 4 is 5.69 Å². The van der Waals surface area contributed by atoms with Crippen molar-refractivity contribution in [3.8, 4) is 0 Å². The summed E-state index contributed by atoms with van der Waals surface area (Å²) in [5, 5.41) is 3.66. The second kappa shape index (κ2) is 4.75. The van der Waals surface area contributed by atoms with Crippen molar-refractivity contribution in [1.82, 2.24) is 10.1 Å². The Labute approximate surface area is 119 Å². The predicted molar refractivity (Wildman–Crippen MR) is 69.5 cm³/mol. The van der Waals surface area contributed by atoms with Gasteiger partial charge in [0.15, 0.2) is 5.82 Å². The molecule has 4 nitrogen and oxygen atoms in total. The van der Waals surface area contributed by atoms with E-state index in [9.17, 15) is 13.2 Å². The molecule has 2 aromatic rings. The molecule has 0 aliphatic heterocycles. The van der Waals surface area contributed by atoms with Gasteiger partial charge in [-0.15, -0.1) is 0 Å². The summed E-state index contributed by atoms with van der Waals surface area (Å²) in [5.41, 5.74) is 6.97. The Kier molecular flexibility index (Phi) is 3.15. The zero-order chi connectivity index (χ0) is 15.1. The van der Waals surface area contributed by atoms with Gasteiger partial charge in [-0.25, -0.2) is 0 Å². The van der Waals surface area contributed by atoms with Gasteiger partial charge in [0.1, 0.15) is 0 Å². The smallest absolute Gasteiger partial charge is 0.389 e. The number of nitrogen functional groups attached to an aromatic ring is 1. The lowest BCUT2D eigenvalue weighted by Gasteiger charge is -2.10. The molecule has 21 heavy (non-hydrogen) atoms. The van der Waals surface area contributed by atoms with Crippen molar-refractivity contribution in [2.24, 2.45) is 0 Å². The lowest BCUT2D eigenvalue weighted by Crippen LogP contribution is -2.11. The van der Waals surface area contributed by atoms with Crippen LogP contribution >= 0.6 is 0 Å². The van der Waals surface area contributed by atoms with Crippen LogP contribution in [0.15, 0.2) is 28.8 Å². The van der Waals surface area contributed by atoms with E-state index in [4.69, 9.17) is 10.3 Å². The Balaban J connectivity index is 1.78. The van der Waals surface area contributed by atoms with Crippen molar-refractivity contribution in [3.63, 3.8) is 0 Å². The zero-order valence-corrected chi connectivity index (χ0v) is 11.2. The first-order chi connectivity index (χ1) is 9.89. The van der Waals surface area contributed by atoms with Crippen molar-refractivity contribution in [3.05, 3.63) is 41.5 Å². The molecule has 3 rings (SSSR count). The molecule has 0 radical (unpaired) electrons. The summed E-state index contributed by atoms with van der Waals surface area (Å²) in [5.74, 6) is 0.494. The number of nitrogens with zero attached hydrogens (tertiary/aromatic N) is 2. The zero-order valence-electron chi connectivity index (χ0n) is 11.2. The molecular formula is C14H14F3N3O. The standard InChI is InChI=1S/C14H14F3N3O/c15-14(16,17)6-5-11-19-12(21-20-11)13(7-8-13)9-1-3-10(18)4-2-9/h1-4H,5-8,18H2. The molecule has 1 saturated carbocycles. The van der Waals surface area contributed by atoms with Crippen LogP contribution in [0, 0.1) is 0 Å². The summed E-state index contributed by atoms with van der Waals surface area (Å²) in [7, 11) is 0. The fourth-order valence-corrected chi connectivity index (χ4v) is 2.36. The van der Waals surface area contributed by atoms with E-state index in [1.165, 1.54) is 0 Å². The molecule has 0 amide bonds. The molecular weight excluding hydrogens is 283 g/mol. The number of halogens is 3. The molecule has 0 saturated heterocycles. The van der Waals surface area contributed by atoms with E-state index in [0.29, 0.717) is 11.6 Å². The van der Waals surface area contributed by atoms with E-state index < -0.39 is 12.6 Å². The molecule has 112 valence electrons. The van der Waals surface area contributed by atoms with Crippen molar-refractivity contribution in [2.45, 2.75) is 37.3 Å². The Hall–Kier alpha value is -2.05. The van der Waals surface area contributed by atoms with E-state index in [1.54, 1.807) is 12.1 Å². The van der Waals surface area contributed by atoms with Gasteiger partial charge in [-0.2, -0.15) is 18.2 Å². The highest BCUT2D eigenvalue weighted by atomic mass is 19.4. The van der Waals surface area contributed by atoms with Crippen LogP contribution in [-0.4, -0.2) is 16.3 Å². The molecule has 0 unspecified atom stereocenters. The van der Waals surface area contributed by atoms with Crippen molar-refractivity contribution < 1.29 is 17.7 Å². The van der Waals surface area contributed by atoms with E-state index in [0.717, 1.165) is 18.4 Å². The lowest BCUT2D eigenvalue weighted by atomic mass is 9.96. The third kappa shape index (κ3) is 2.86. The van der Waals surface area contributed by atoms with Gasteiger partial charge in [0.25, 0.3) is 0 Å². The fraction of sp³-hybridized carbons (Fsp3) is 0.429. The van der Waals surface area contributed by atoms with Gasteiger partial charge in [-0.1, -0.05) is 17.3 Å². The predicted octanol–water partition coefficient (Wildman–Crippen LogP) is 3.23. The molecule has 0 bridgehead atoms. The number of benzene rings is 1. The van der Waals surface area contributed by atoms with Gasteiger partial charge in [-0.3, -0.25) is 0 Å². The van der Waals surface area contributed by atoms with Gasteiger partial charge in [0.2, 0.25) is 5.89 Å². The van der Waals surface area contributed by atoms with Crippen molar-refractivity contribution in [2.75, 3.05) is 5.73 Å². The summed E-state index contributed by atoms with van der Waals surface area (Å²) in [6.07, 6.45) is -3.73. The van der Waals surface area contributed by atoms with E-state index in [-0.39, 0.29) is 17.7 Å². The maximum Gasteiger partial charge on any atom is 0.389 e. The summed E-state index contributed by atoms with van der Waals surface area (Å²) in [4.78, 5) is 4.14. The summed E-state index contributed by atoms with van der Waals surface area (Å²) < 4.78 is 41.8. The Bertz CT molecular complexity index is 630. The molecule has 1 aromatic heterocycles. The highest BCUT2D eigenvalue weighted by molar-refractivity contribution is 5.45. The van der Waals surface area contributed by atoms with Crippen molar-refractivity contribution in [1.29, 1.82) is 0 Å². The number of hydrogen-bond acceptors (Lipinski definition) is 4. The number of hydrogen-bond donors (Lipinski definition) is 1. The highest BCUT2D eigenvalue weighted by Crippen LogP contribution is 2.52. The molecule has 1 aromatic carbocycles. The van der Waals surface area contributed by atoms with Crippen LogP contribution in [0.2, 0.25) is 0 Å². The Morgan fingerprint density at radius 1 is 1.19 bits per heavy atom. The maximum absolute atomic E-state index is 12.2. The fourth-order valence-electron chi connectivity index (χ4n) is 2.36. The topological polar surface area (TPSA) is 64.9 Å². The molecule has 0 spiro atoms. The first-order valence-corrected chi connectivity index (χ1v) is 6.65. The van der Waals surface area contributed by atoms with Gasteiger partial charge >= 0.3 is 6.18 Å². The summed E-state index contributed by atoms with van der Waals surface area (Å²) in [6, 6.07) is 7.36. The number of rotatable bonds is 4. The largest absolute Gasteiger partial charge is 0.399 e. The first kappa shape index (κ1) is 13.9. The molecule has 1 heterocycles. The van der Waals surface area contributed by atoms with E-state index in [1.807, 2.05) is 12.1 Å². The van der Waals surface area contributed by atoms with Crippen LogP contribution in [0.1, 0.15) is 36.5 Å². The number of nitrogens with two attached hydrogens (primary N) is 1. The van der Waals surface area contributed by atoms with Gasteiger partial charge in [0.05, 0.1) is 11.8 Å². The molecule has 0 atom stereocenters. The highest BCUT2D eigenvalue weighted by Gasteiger charge is 2.50. The minimum Gasteiger partial charge on any atom is -0.399 e. The van der Waals surface area contributed by atoms with Gasteiger partial charge in [-0.05, 0) is 30.5 Å². The number of alkyl halides is 3. The molecule has 1 aliphatic carbocycles. The van der Waals surface area contributed by atoms with E-state index in [2.05, 4.69) is 10.1 Å². The Morgan fingerprint density at radius 3 is 2.43 bits per heavy atom.